The van der Waals surface area contributed by atoms with E-state index in [-0.39, 0.29) is 5.78 Å². The number of carbonyl (C=O) groups excluding carboxylic acids is 1. The van der Waals surface area contributed by atoms with E-state index < -0.39 is 0 Å². The maximum atomic E-state index is 11.0. The zero-order chi connectivity index (χ0) is 8.72. The Labute approximate surface area is 70.3 Å². The van der Waals surface area contributed by atoms with Crippen molar-refractivity contribution in [3.8, 4) is 0 Å². The summed E-state index contributed by atoms with van der Waals surface area (Å²) in [6, 6.07) is 0. The molecule has 1 aliphatic heterocycles. The van der Waals surface area contributed by atoms with E-state index in [1.54, 1.807) is 12.2 Å². The first-order chi connectivity index (χ1) is 5.68. The van der Waals surface area contributed by atoms with Gasteiger partial charge in [0.25, 0.3) is 0 Å². The lowest BCUT2D eigenvalue weighted by Gasteiger charge is -2.02. The highest BCUT2D eigenvalue weighted by Gasteiger charge is 2.21. The predicted octanol–water partition coefficient (Wildman–Crippen LogP) is 1.58. The van der Waals surface area contributed by atoms with E-state index in [0.717, 1.165) is 16.9 Å². The number of allylic oxidation sites excluding steroid dienone is 4. The summed E-state index contributed by atoms with van der Waals surface area (Å²) in [4.78, 5) is 15.1. The number of fused-ring (bicyclic) bond motifs is 1. The van der Waals surface area contributed by atoms with Crippen molar-refractivity contribution in [2.24, 2.45) is 4.99 Å². The first kappa shape index (κ1) is 6.98. The number of hydrogen-bond acceptors (Lipinski definition) is 2. The van der Waals surface area contributed by atoms with Gasteiger partial charge in [-0.3, -0.25) is 4.79 Å². The van der Waals surface area contributed by atoms with Crippen LogP contribution in [0.1, 0.15) is 0 Å². The third-order valence-corrected chi connectivity index (χ3v) is 1.90. The Kier molecular flexibility index (Phi) is 1.24. The van der Waals surface area contributed by atoms with Gasteiger partial charge in [0.05, 0.1) is 11.4 Å². The highest BCUT2D eigenvalue weighted by molar-refractivity contribution is 6.24. The summed E-state index contributed by atoms with van der Waals surface area (Å²) < 4.78 is 0. The van der Waals surface area contributed by atoms with Crippen molar-refractivity contribution < 1.29 is 4.79 Å². The molecule has 0 aromatic carbocycles. The molecule has 0 saturated carbocycles. The quantitative estimate of drug-likeness (QED) is 0.491. The van der Waals surface area contributed by atoms with E-state index >= 15 is 0 Å². The van der Waals surface area contributed by atoms with Gasteiger partial charge in [0.15, 0.2) is 5.78 Å². The zero-order valence-electron chi connectivity index (χ0n) is 6.50. The topological polar surface area (TPSA) is 29.4 Å². The maximum Gasteiger partial charge on any atom is 0.179 e. The minimum absolute atomic E-state index is 0.0141. The average Bonchev–Trinajstić information content (AvgIpc) is 2.31. The maximum absolute atomic E-state index is 11.0. The molecule has 2 rings (SSSR count). The fourth-order valence-electron chi connectivity index (χ4n) is 1.22. The lowest BCUT2D eigenvalue weighted by molar-refractivity contribution is -0.110. The Bertz CT molecular complexity index is 394. The van der Waals surface area contributed by atoms with Crippen molar-refractivity contribution in [2.45, 2.75) is 0 Å². The van der Waals surface area contributed by atoms with Crippen LogP contribution in [0.25, 0.3) is 0 Å². The number of nitrogens with zero attached hydrogens (tertiary/aromatic N) is 1. The summed E-state index contributed by atoms with van der Waals surface area (Å²) in [5.41, 5.74) is 3.01. The minimum Gasteiger partial charge on any atom is -0.290 e. The predicted molar refractivity (Wildman–Crippen MR) is 47.9 cm³/mol. The Hall–Kier alpha value is -1.70. The Morgan fingerprint density at radius 3 is 2.75 bits per heavy atom. The van der Waals surface area contributed by atoms with E-state index in [1.165, 1.54) is 6.08 Å². The molecule has 1 heterocycles. The molecule has 0 bridgehead atoms. The second-order valence-electron chi connectivity index (χ2n) is 2.72. The molecule has 0 aromatic heterocycles. The van der Waals surface area contributed by atoms with Gasteiger partial charge in [-0.05, 0) is 18.2 Å². The van der Waals surface area contributed by atoms with Crippen LogP contribution in [-0.4, -0.2) is 11.5 Å². The van der Waals surface area contributed by atoms with Crippen molar-refractivity contribution >= 4 is 11.5 Å². The van der Waals surface area contributed by atoms with Crippen LogP contribution in [0.3, 0.4) is 0 Å². The van der Waals surface area contributed by atoms with Crippen molar-refractivity contribution in [1.82, 2.24) is 0 Å². The second kappa shape index (κ2) is 2.14. The molecule has 0 saturated heterocycles. The average molecular weight is 157 g/mol. The molecule has 0 amide bonds. The minimum atomic E-state index is -0.0141. The van der Waals surface area contributed by atoms with Gasteiger partial charge >= 0.3 is 0 Å². The summed E-state index contributed by atoms with van der Waals surface area (Å²) in [5.74, 6) is -0.0141. The molecule has 12 heavy (non-hydrogen) atoms. The lowest BCUT2D eigenvalue weighted by Crippen LogP contribution is -2.04. The first-order valence-corrected chi connectivity index (χ1v) is 3.60. The van der Waals surface area contributed by atoms with Crippen LogP contribution in [0.15, 0.2) is 53.2 Å². The SMILES string of the molecule is C=C1N=C2C=CC(=O)C=C2C1=C. The van der Waals surface area contributed by atoms with Crippen LogP contribution in [0, 0.1) is 0 Å². The number of hydrogen-bond donors (Lipinski definition) is 0. The van der Waals surface area contributed by atoms with Crippen molar-refractivity contribution in [3.05, 3.63) is 48.2 Å². The standard InChI is InChI=1S/C10H7NO/c1-6-7(2)11-10-4-3-8(12)5-9(6)10/h3-5H,1-2H2. The largest absolute Gasteiger partial charge is 0.290 e. The van der Waals surface area contributed by atoms with E-state index in [0.29, 0.717) is 5.70 Å². The molecule has 2 heteroatoms. The molecular weight excluding hydrogens is 150 g/mol. The third-order valence-electron chi connectivity index (χ3n) is 1.90. The van der Waals surface area contributed by atoms with Crippen LogP contribution >= 0.6 is 0 Å². The fraction of sp³-hybridized carbons (Fsp3) is 0. The molecule has 0 atom stereocenters. The van der Waals surface area contributed by atoms with Crippen LogP contribution in [-0.2, 0) is 4.79 Å². The molecule has 58 valence electrons. The molecule has 1 aliphatic carbocycles. The third kappa shape index (κ3) is 0.815. The molecule has 2 nitrogen and oxygen atoms in total. The molecule has 0 fully saturated rings. The van der Waals surface area contributed by atoms with Crippen molar-refractivity contribution in [1.29, 1.82) is 0 Å². The summed E-state index contributed by atoms with van der Waals surface area (Å²) in [6.07, 6.45) is 4.73. The van der Waals surface area contributed by atoms with E-state index in [9.17, 15) is 4.79 Å². The molecular formula is C10H7NO. The Balaban J connectivity index is 2.57. The molecule has 0 aromatic rings. The Morgan fingerprint density at radius 2 is 2.00 bits per heavy atom. The van der Waals surface area contributed by atoms with Crippen LogP contribution in [0.5, 0.6) is 0 Å². The molecule has 0 N–H and O–H groups in total. The van der Waals surface area contributed by atoms with Crippen molar-refractivity contribution in [3.63, 3.8) is 0 Å². The number of ketones is 1. The monoisotopic (exact) mass is 157 g/mol. The lowest BCUT2D eigenvalue weighted by atomic mass is 9.99. The van der Waals surface area contributed by atoms with E-state index in [4.69, 9.17) is 0 Å². The molecule has 0 spiro atoms. The highest BCUT2D eigenvalue weighted by atomic mass is 16.1. The van der Waals surface area contributed by atoms with Crippen LogP contribution in [0.4, 0.5) is 0 Å². The van der Waals surface area contributed by atoms with E-state index in [1.807, 2.05) is 0 Å². The number of aliphatic imine (C=N–C) groups is 1. The van der Waals surface area contributed by atoms with Gasteiger partial charge in [0.1, 0.15) is 0 Å². The summed E-state index contributed by atoms with van der Waals surface area (Å²) in [5, 5.41) is 0. The zero-order valence-corrected chi connectivity index (χ0v) is 6.50. The highest BCUT2D eigenvalue weighted by Crippen LogP contribution is 2.28. The van der Waals surface area contributed by atoms with Gasteiger partial charge in [-0.25, -0.2) is 4.99 Å². The number of rotatable bonds is 0. The van der Waals surface area contributed by atoms with Crippen molar-refractivity contribution in [2.75, 3.05) is 0 Å². The second-order valence-corrected chi connectivity index (χ2v) is 2.72. The Morgan fingerprint density at radius 1 is 1.25 bits per heavy atom. The fourth-order valence-corrected chi connectivity index (χ4v) is 1.22. The van der Waals surface area contributed by atoms with E-state index in [2.05, 4.69) is 18.2 Å². The summed E-state index contributed by atoms with van der Waals surface area (Å²) in [7, 11) is 0. The first-order valence-electron chi connectivity index (χ1n) is 3.60. The molecule has 2 aliphatic rings. The van der Waals surface area contributed by atoms with Crippen LogP contribution < -0.4 is 0 Å². The summed E-state index contributed by atoms with van der Waals surface area (Å²) >= 11 is 0. The molecule has 0 radical (unpaired) electrons. The van der Waals surface area contributed by atoms with Gasteiger partial charge in [0, 0.05) is 11.1 Å². The smallest absolute Gasteiger partial charge is 0.179 e. The van der Waals surface area contributed by atoms with Gasteiger partial charge in [-0.15, -0.1) is 0 Å². The normalized spacial score (nSPS) is 20.8. The molecule has 0 unspecified atom stereocenters. The number of carbonyl (C=O) groups is 1. The van der Waals surface area contributed by atoms with Gasteiger partial charge < -0.3 is 0 Å². The summed E-state index contributed by atoms with van der Waals surface area (Å²) in [6.45, 7) is 7.50. The van der Waals surface area contributed by atoms with Crippen LogP contribution in [0.2, 0.25) is 0 Å². The van der Waals surface area contributed by atoms with Gasteiger partial charge in [-0.2, -0.15) is 0 Å². The van der Waals surface area contributed by atoms with Gasteiger partial charge in [0.2, 0.25) is 0 Å². The van der Waals surface area contributed by atoms with Gasteiger partial charge in [-0.1, -0.05) is 13.2 Å².